The number of nitrogens with zero attached hydrogens (tertiary/aromatic N) is 2. The normalized spacial score (nSPS) is 14.9. The van der Waals surface area contributed by atoms with Gasteiger partial charge in [0, 0.05) is 17.1 Å². The first-order valence-corrected chi connectivity index (χ1v) is 12.5. The molecule has 2 heterocycles. The molecule has 0 atom stereocenters. The van der Waals surface area contributed by atoms with Gasteiger partial charge in [-0.1, -0.05) is 26.8 Å². The van der Waals surface area contributed by atoms with Crippen LogP contribution < -0.4 is 15.2 Å². The van der Waals surface area contributed by atoms with Crippen molar-refractivity contribution in [3.05, 3.63) is 53.7 Å². The summed E-state index contributed by atoms with van der Waals surface area (Å²) in [6.45, 7) is 6.51. The molecule has 1 aromatic carbocycles. The van der Waals surface area contributed by atoms with Crippen molar-refractivity contribution in [3.8, 4) is 5.88 Å². The maximum atomic E-state index is 13.4. The Kier molecular flexibility index (Phi) is 6.00. The fraction of sp³-hybridized carbons (Fsp3) is 0.375. The van der Waals surface area contributed by atoms with Gasteiger partial charge in [-0.3, -0.25) is 4.79 Å². The third kappa shape index (κ3) is 4.50. The van der Waals surface area contributed by atoms with E-state index in [4.69, 9.17) is 10.5 Å². The summed E-state index contributed by atoms with van der Waals surface area (Å²) < 4.78 is 34.7. The highest BCUT2D eigenvalue weighted by molar-refractivity contribution is 7.90. The highest BCUT2D eigenvalue weighted by atomic mass is 32.2. The highest BCUT2D eigenvalue weighted by Gasteiger charge is 2.54. The number of fused-ring (bicyclic) bond motifs is 1. The molecule has 1 fully saturated rings. The summed E-state index contributed by atoms with van der Waals surface area (Å²) in [6.07, 6.45) is 3.52. The van der Waals surface area contributed by atoms with E-state index in [-0.39, 0.29) is 16.6 Å². The minimum absolute atomic E-state index is 0.0200. The second-order valence-corrected chi connectivity index (χ2v) is 10.5. The first-order valence-electron chi connectivity index (χ1n) is 11.0. The number of hydrogen-bond acceptors (Lipinski definition) is 7. The van der Waals surface area contributed by atoms with Gasteiger partial charge in [0.15, 0.2) is 0 Å². The van der Waals surface area contributed by atoms with E-state index in [2.05, 4.69) is 14.7 Å². The summed E-state index contributed by atoms with van der Waals surface area (Å²) in [5, 5.41) is 0.396. The molecule has 0 unspecified atom stereocenters. The SMILES string of the molecule is CCc1cnc(OCC(C)C)c(C2(C(=O)NS(=O)(=O)c3cccc4nc(N)ccc34)CC2)c1. The Morgan fingerprint density at radius 3 is 2.67 bits per heavy atom. The summed E-state index contributed by atoms with van der Waals surface area (Å²) >= 11 is 0. The zero-order chi connectivity index (χ0) is 23.8. The molecular formula is C24H28N4O4S. The number of pyridine rings is 2. The molecule has 4 rings (SSSR count). The van der Waals surface area contributed by atoms with Gasteiger partial charge in [0.25, 0.3) is 10.0 Å². The van der Waals surface area contributed by atoms with Crippen molar-refractivity contribution in [2.45, 2.75) is 50.3 Å². The summed E-state index contributed by atoms with van der Waals surface area (Å²) in [7, 11) is -4.15. The van der Waals surface area contributed by atoms with Crippen molar-refractivity contribution >= 4 is 32.7 Å². The molecule has 0 saturated heterocycles. The Morgan fingerprint density at radius 2 is 2.00 bits per heavy atom. The van der Waals surface area contributed by atoms with Crippen LogP contribution in [0.2, 0.25) is 0 Å². The number of rotatable bonds is 8. The Hall–Kier alpha value is -3.20. The van der Waals surface area contributed by atoms with Crippen LogP contribution in [0.4, 0.5) is 5.82 Å². The van der Waals surface area contributed by atoms with Crippen LogP contribution in [0.1, 0.15) is 44.7 Å². The van der Waals surface area contributed by atoms with Crippen molar-refractivity contribution < 1.29 is 17.9 Å². The van der Waals surface area contributed by atoms with Crippen LogP contribution in [0.3, 0.4) is 0 Å². The Morgan fingerprint density at radius 1 is 1.24 bits per heavy atom. The van der Waals surface area contributed by atoms with E-state index in [9.17, 15) is 13.2 Å². The molecule has 0 spiro atoms. The number of anilines is 1. The number of amides is 1. The minimum Gasteiger partial charge on any atom is -0.477 e. The standard InChI is InChI=1S/C24H28N4O4S/c1-4-16-12-18(22(26-13-16)32-14-15(2)3)24(10-11-24)23(29)28-33(30,31)20-7-5-6-19-17(20)8-9-21(25)27-19/h5-9,12-13,15H,4,10-11,14H2,1-3H3,(H2,25,27)(H,28,29). The molecule has 9 heteroatoms. The third-order valence-electron chi connectivity index (χ3n) is 5.80. The number of nitrogen functional groups attached to an aromatic ring is 1. The third-order valence-corrected chi connectivity index (χ3v) is 7.19. The molecule has 33 heavy (non-hydrogen) atoms. The van der Waals surface area contributed by atoms with Gasteiger partial charge in [0.2, 0.25) is 11.8 Å². The van der Waals surface area contributed by atoms with Gasteiger partial charge in [-0.15, -0.1) is 0 Å². The van der Waals surface area contributed by atoms with Gasteiger partial charge in [-0.25, -0.2) is 23.1 Å². The van der Waals surface area contributed by atoms with Crippen LogP contribution >= 0.6 is 0 Å². The quantitative estimate of drug-likeness (QED) is 0.519. The predicted octanol–water partition coefficient (Wildman–Crippen LogP) is 3.35. The maximum Gasteiger partial charge on any atom is 0.264 e. The topological polar surface area (TPSA) is 124 Å². The second kappa shape index (κ2) is 8.62. The Balaban J connectivity index is 1.68. The lowest BCUT2D eigenvalue weighted by Crippen LogP contribution is -2.39. The Bertz CT molecular complexity index is 1320. The smallest absolute Gasteiger partial charge is 0.264 e. The molecule has 1 saturated carbocycles. The maximum absolute atomic E-state index is 13.4. The zero-order valence-corrected chi connectivity index (χ0v) is 19.8. The van der Waals surface area contributed by atoms with Crippen molar-refractivity contribution in [2.24, 2.45) is 5.92 Å². The van der Waals surface area contributed by atoms with E-state index in [0.717, 1.165) is 12.0 Å². The van der Waals surface area contributed by atoms with E-state index in [1.54, 1.807) is 24.4 Å². The molecule has 3 N–H and O–H groups in total. The molecule has 1 amide bonds. The molecule has 1 aliphatic rings. The highest BCUT2D eigenvalue weighted by Crippen LogP contribution is 2.51. The minimum atomic E-state index is -4.15. The van der Waals surface area contributed by atoms with Crippen LogP contribution in [-0.4, -0.2) is 30.9 Å². The first-order chi connectivity index (χ1) is 15.7. The van der Waals surface area contributed by atoms with Crippen molar-refractivity contribution in [1.29, 1.82) is 0 Å². The van der Waals surface area contributed by atoms with Gasteiger partial charge >= 0.3 is 0 Å². The number of aromatic nitrogens is 2. The number of carbonyl (C=O) groups is 1. The molecule has 1 aliphatic carbocycles. The molecule has 3 aromatic rings. The first kappa shape index (κ1) is 23.0. The van der Waals surface area contributed by atoms with Gasteiger partial charge < -0.3 is 10.5 Å². The van der Waals surface area contributed by atoms with E-state index >= 15 is 0 Å². The molecule has 8 nitrogen and oxygen atoms in total. The molecule has 0 aliphatic heterocycles. The van der Waals surface area contributed by atoms with Crippen LogP contribution in [-0.2, 0) is 26.7 Å². The number of benzene rings is 1. The average Bonchev–Trinajstić information content (AvgIpc) is 3.58. The predicted molar refractivity (Wildman–Crippen MR) is 126 cm³/mol. The lowest BCUT2D eigenvalue weighted by Gasteiger charge is -2.20. The summed E-state index contributed by atoms with van der Waals surface area (Å²) in [5.74, 6) is 0.377. The van der Waals surface area contributed by atoms with Gasteiger partial charge in [0.1, 0.15) is 5.82 Å². The zero-order valence-electron chi connectivity index (χ0n) is 19.0. The summed E-state index contributed by atoms with van der Waals surface area (Å²) in [4.78, 5) is 22.0. The lowest BCUT2D eigenvalue weighted by molar-refractivity contribution is -0.121. The number of aryl methyl sites for hydroxylation is 1. The molecule has 0 bridgehead atoms. The second-order valence-electron chi connectivity index (χ2n) is 8.83. The van der Waals surface area contributed by atoms with Crippen LogP contribution in [0.25, 0.3) is 10.9 Å². The Labute approximate surface area is 193 Å². The van der Waals surface area contributed by atoms with Crippen molar-refractivity contribution in [2.75, 3.05) is 12.3 Å². The lowest BCUT2D eigenvalue weighted by atomic mass is 9.94. The number of sulfonamides is 1. The van der Waals surface area contributed by atoms with Gasteiger partial charge in [-0.05, 0) is 61.1 Å². The summed E-state index contributed by atoms with van der Waals surface area (Å²) in [6, 6.07) is 9.74. The van der Waals surface area contributed by atoms with E-state index in [1.165, 1.54) is 12.1 Å². The average molecular weight is 469 g/mol. The van der Waals surface area contributed by atoms with Crippen LogP contribution in [0, 0.1) is 5.92 Å². The monoisotopic (exact) mass is 468 g/mol. The fourth-order valence-corrected chi connectivity index (χ4v) is 5.06. The van der Waals surface area contributed by atoms with Crippen LogP contribution in [0.15, 0.2) is 47.5 Å². The molecule has 2 aromatic heterocycles. The van der Waals surface area contributed by atoms with E-state index in [0.29, 0.717) is 41.8 Å². The number of nitrogens with one attached hydrogen (secondary N) is 1. The van der Waals surface area contributed by atoms with Gasteiger partial charge in [0.05, 0.1) is 22.4 Å². The van der Waals surface area contributed by atoms with Gasteiger partial charge in [-0.2, -0.15) is 0 Å². The van der Waals surface area contributed by atoms with E-state index in [1.807, 2.05) is 26.8 Å². The van der Waals surface area contributed by atoms with Crippen LogP contribution in [0.5, 0.6) is 5.88 Å². The molecular weight excluding hydrogens is 440 g/mol. The summed E-state index contributed by atoms with van der Waals surface area (Å²) in [5.41, 5.74) is 6.79. The molecule has 0 radical (unpaired) electrons. The number of nitrogens with two attached hydrogens (primary N) is 1. The van der Waals surface area contributed by atoms with E-state index < -0.39 is 21.3 Å². The number of hydrogen-bond donors (Lipinski definition) is 2. The number of ether oxygens (including phenoxy) is 1. The molecule has 174 valence electrons. The largest absolute Gasteiger partial charge is 0.477 e. The van der Waals surface area contributed by atoms with Crippen molar-refractivity contribution in [3.63, 3.8) is 0 Å². The number of carbonyl (C=O) groups excluding carboxylic acids is 1. The fourth-order valence-electron chi connectivity index (χ4n) is 3.79. The van der Waals surface area contributed by atoms with Crippen molar-refractivity contribution in [1.82, 2.24) is 14.7 Å².